The summed E-state index contributed by atoms with van der Waals surface area (Å²) in [4.78, 5) is 26.1. The van der Waals surface area contributed by atoms with Crippen molar-refractivity contribution in [3.05, 3.63) is 12.2 Å². The Kier molecular flexibility index (Phi) is 46.5. The van der Waals surface area contributed by atoms with Crippen LogP contribution in [-0.4, -0.2) is 46.9 Å². The molecule has 3 atom stereocenters. The number of carbonyl (C=O) groups excluding carboxylic acids is 2. The number of carbonyl (C=O) groups is 2. The summed E-state index contributed by atoms with van der Waals surface area (Å²) in [7, 11) is 0. The highest BCUT2D eigenvalue weighted by molar-refractivity contribution is 5.77. The van der Waals surface area contributed by atoms with Crippen LogP contribution in [0.5, 0.6) is 0 Å². The van der Waals surface area contributed by atoms with Crippen LogP contribution in [0.4, 0.5) is 0 Å². The van der Waals surface area contributed by atoms with Gasteiger partial charge >= 0.3 is 5.97 Å². The van der Waals surface area contributed by atoms with Crippen molar-refractivity contribution in [2.24, 2.45) is 0 Å². The molecule has 0 rings (SSSR count). The van der Waals surface area contributed by atoms with E-state index in [1.165, 1.54) is 186 Å². The Bertz CT molecular complexity index is 893. The fraction of sp³-hybridized carbons (Fsp3) is 0.925. The second-order valence-corrected chi connectivity index (χ2v) is 18.3. The number of unbranched alkanes of at least 4 members (excludes halogenated alkanes) is 34. The molecule has 0 aromatic rings. The van der Waals surface area contributed by atoms with Gasteiger partial charge in [0.05, 0.1) is 25.2 Å². The predicted octanol–water partition coefficient (Wildman–Crippen LogP) is 15.7. The largest absolute Gasteiger partial charge is 0.462 e. The zero-order valence-electron chi connectivity index (χ0n) is 39.9. The van der Waals surface area contributed by atoms with E-state index in [0.29, 0.717) is 19.3 Å². The molecule has 350 valence electrons. The third-order valence-corrected chi connectivity index (χ3v) is 12.3. The highest BCUT2D eigenvalue weighted by atomic mass is 16.5. The molecule has 0 radical (unpaired) electrons. The molecule has 0 saturated carbocycles. The Labute approximate surface area is 368 Å². The molecule has 3 N–H and O–H groups in total. The maximum absolute atomic E-state index is 13.2. The zero-order chi connectivity index (χ0) is 43.1. The second-order valence-electron chi connectivity index (χ2n) is 18.3. The van der Waals surface area contributed by atoms with Gasteiger partial charge in [-0.3, -0.25) is 9.59 Å². The van der Waals surface area contributed by atoms with Crippen molar-refractivity contribution in [3.63, 3.8) is 0 Å². The van der Waals surface area contributed by atoms with E-state index in [1.54, 1.807) is 0 Å². The maximum atomic E-state index is 13.2. The van der Waals surface area contributed by atoms with Gasteiger partial charge in [-0.1, -0.05) is 238 Å². The molecule has 0 spiro atoms. The molecule has 6 heteroatoms. The molecule has 0 aromatic carbocycles. The summed E-state index contributed by atoms with van der Waals surface area (Å²) in [6.07, 6.45) is 52.7. The number of esters is 1. The Morgan fingerprint density at radius 1 is 0.475 bits per heavy atom. The van der Waals surface area contributed by atoms with E-state index in [4.69, 9.17) is 4.74 Å². The lowest BCUT2D eigenvalue weighted by molar-refractivity contribution is -0.151. The summed E-state index contributed by atoms with van der Waals surface area (Å²) >= 11 is 0. The summed E-state index contributed by atoms with van der Waals surface area (Å²) in [5, 5.41) is 23.8. The van der Waals surface area contributed by atoms with Gasteiger partial charge in [0.1, 0.15) is 6.10 Å². The van der Waals surface area contributed by atoms with Crippen LogP contribution in [-0.2, 0) is 14.3 Å². The fourth-order valence-electron chi connectivity index (χ4n) is 8.31. The van der Waals surface area contributed by atoms with E-state index in [2.05, 4.69) is 38.2 Å². The Morgan fingerprint density at radius 3 is 1.22 bits per heavy atom. The summed E-state index contributed by atoms with van der Waals surface area (Å²) in [5.74, 6) is -0.467. The van der Waals surface area contributed by atoms with Crippen molar-refractivity contribution in [2.45, 2.75) is 309 Å². The van der Waals surface area contributed by atoms with Gasteiger partial charge in [0, 0.05) is 6.42 Å². The molecule has 1 amide bonds. The first kappa shape index (κ1) is 57.6. The lowest BCUT2D eigenvalue weighted by atomic mass is 10.0. The van der Waals surface area contributed by atoms with Crippen LogP contribution in [0.25, 0.3) is 0 Å². The van der Waals surface area contributed by atoms with Crippen LogP contribution in [0.1, 0.15) is 290 Å². The monoisotopic (exact) mass is 834 g/mol. The Morgan fingerprint density at radius 2 is 0.814 bits per heavy atom. The first-order valence-corrected chi connectivity index (χ1v) is 26.4. The van der Waals surface area contributed by atoms with Gasteiger partial charge in [0.25, 0.3) is 0 Å². The lowest BCUT2D eigenvalue weighted by Crippen LogP contribution is -2.46. The number of hydrogen-bond donors (Lipinski definition) is 3. The molecular formula is C53H103NO5. The summed E-state index contributed by atoms with van der Waals surface area (Å²) in [5.41, 5.74) is 0. The number of nitrogens with one attached hydrogen (secondary N) is 1. The van der Waals surface area contributed by atoms with Crippen LogP contribution in [0, 0.1) is 0 Å². The van der Waals surface area contributed by atoms with E-state index in [9.17, 15) is 19.8 Å². The molecule has 59 heavy (non-hydrogen) atoms. The first-order valence-electron chi connectivity index (χ1n) is 26.4. The highest BCUT2D eigenvalue weighted by Gasteiger charge is 2.24. The van der Waals surface area contributed by atoms with E-state index in [1.807, 2.05) is 0 Å². The average molecular weight is 834 g/mol. The predicted molar refractivity (Wildman–Crippen MR) is 255 cm³/mol. The van der Waals surface area contributed by atoms with Crippen molar-refractivity contribution in [1.82, 2.24) is 5.32 Å². The molecule has 0 aliphatic rings. The topological polar surface area (TPSA) is 95.9 Å². The minimum Gasteiger partial charge on any atom is -0.462 e. The van der Waals surface area contributed by atoms with Gasteiger partial charge < -0.3 is 20.3 Å². The first-order chi connectivity index (χ1) is 29.0. The Balaban J connectivity index is 4.45. The Hall–Kier alpha value is -1.40. The van der Waals surface area contributed by atoms with Crippen LogP contribution < -0.4 is 5.32 Å². The number of allylic oxidation sites excluding steroid dienone is 2. The molecule has 0 aromatic heterocycles. The molecule has 0 saturated heterocycles. The number of hydrogen-bond acceptors (Lipinski definition) is 5. The van der Waals surface area contributed by atoms with Gasteiger partial charge in [-0.15, -0.1) is 0 Å². The van der Waals surface area contributed by atoms with E-state index in [0.717, 1.165) is 57.8 Å². The molecule has 0 heterocycles. The van der Waals surface area contributed by atoms with Gasteiger partial charge in [-0.25, -0.2) is 0 Å². The fourth-order valence-corrected chi connectivity index (χ4v) is 8.31. The molecule has 0 bridgehead atoms. The van der Waals surface area contributed by atoms with Crippen molar-refractivity contribution in [1.29, 1.82) is 0 Å². The number of aliphatic hydroxyl groups excluding tert-OH is 2. The third-order valence-electron chi connectivity index (χ3n) is 12.3. The minimum atomic E-state index is -0.784. The molecule has 0 aliphatic carbocycles. The van der Waals surface area contributed by atoms with Crippen LogP contribution >= 0.6 is 0 Å². The van der Waals surface area contributed by atoms with Crippen LogP contribution in [0.2, 0.25) is 0 Å². The van der Waals surface area contributed by atoms with Gasteiger partial charge in [-0.05, 0) is 51.4 Å². The summed E-state index contributed by atoms with van der Waals surface area (Å²) < 4.78 is 5.92. The SMILES string of the molecule is CCCCCC/C=C\CCCCCCCC(CC(=O)NC(CO)C(O)CCCCCCCCCCCCCCCCCCC)OC(=O)CCCCCCCCCCCC. The van der Waals surface area contributed by atoms with Crippen molar-refractivity contribution >= 4 is 11.9 Å². The van der Waals surface area contributed by atoms with Gasteiger partial charge in [0.15, 0.2) is 0 Å². The van der Waals surface area contributed by atoms with Crippen LogP contribution in [0.15, 0.2) is 12.2 Å². The normalized spacial score (nSPS) is 13.2. The molecule has 0 fully saturated rings. The second kappa shape index (κ2) is 47.6. The average Bonchev–Trinajstić information content (AvgIpc) is 3.23. The van der Waals surface area contributed by atoms with E-state index < -0.39 is 18.2 Å². The highest BCUT2D eigenvalue weighted by Crippen LogP contribution is 2.18. The number of amides is 1. The van der Waals surface area contributed by atoms with Gasteiger partial charge in [-0.2, -0.15) is 0 Å². The quantitative estimate of drug-likeness (QED) is 0.0322. The summed E-state index contributed by atoms with van der Waals surface area (Å²) in [6, 6.07) is -0.697. The number of aliphatic hydroxyl groups is 2. The van der Waals surface area contributed by atoms with E-state index in [-0.39, 0.29) is 24.9 Å². The van der Waals surface area contributed by atoms with Crippen molar-refractivity contribution in [2.75, 3.05) is 6.61 Å². The molecular weight excluding hydrogens is 731 g/mol. The maximum Gasteiger partial charge on any atom is 0.306 e. The standard InChI is InChI=1S/C53H103NO5/c1-4-7-10-13-16-19-22-24-25-26-27-29-31-33-36-39-42-45-51(56)50(48-55)54-52(57)47-49(44-41-38-35-32-30-28-23-20-17-14-11-8-5-2)59-53(58)46-43-40-37-34-21-18-15-12-9-6-3/h20,23,49-51,55-56H,4-19,21-22,24-48H2,1-3H3,(H,54,57)/b23-20-. The lowest BCUT2D eigenvalue weighted by Gasteiger charge is -2.24. The van der Waals surface area contributed by atoms with Crippen molar-refractivity contribution < 1.29 is 24.5 Å². The number of rotatable bonds is 48. The molecule has 6 nitrogen and oxygen atoms in total. The van der Waals surface area contributed by atoms with Gasteiger partial charge in [0.2, 0.25) is 5.91 Å². The zero-order valence-corrected chi connectivity index (χ0v) is 39.9. The molecule has 0 aliphatic heterocycles. The summed E-state index contributed by atoms with van der Waals surface area (Å²) in [6.45, 7) is 6.48. The molecule has 3 unspecified atom stereocenters. The van der Waals surface area contributed by atoms with Crippen LogP contribution in [0.3, 0.4) is 0 Å². The van der Waals surface area contributed by atoms with Crippen molar-refractivity contribution in [3.8, 4) is 0 Å². The smallest absolute Gasteiger partial charge is 0.306 e. The number of ether oxygens (including phenoxy) is 1. The minimum absolute atomic E-state index is 0.0785. The van der Waals surface area contributed by atoms with E-state index >= 15 is 0 Å². The third kappa shape index (κ3) is 43.1.